The molecule has 0 saturated carbocycles. The Bertz CT molecular complexity index is 1500. The number of rotatable bonds is 12. The lowest BCUT2D eigenvalue weighted by Gasteiger charge is -2.32. The second-order valence-corrected chi connectivity index (χ2v) is 18.0. The Morgan fingerprint density at radius 3 is 2.33 bits per heavy atom. The molecule has 3 aliphatic heterocycles. The van der Waals surface area contributed by atoms with Crippen molar-refractivity contribution in [2.24, 2.45) is 0 Å². The highest BCUT2D eigenvalue weighted by Gasteiger charge is 2.54. The number of aryl methyl sites for hydroxylation is 1. The molecule has 0 amide bonds. The van der Waals surface area contributed by atoms with Crippen LogP contribution in [0.5, 0.6) is 0 Å². The summed E-state index contributed by atoms with van der Waals surface area (Å²) in [6.07, 6.45) is 2.22. The van der Waals surface area contributed by atoms with Crippen LogP contribution >= 0.6 is 8.53 Å². The number of H-pyrrole nitrogens is 1. The van der Waals surface area contributed by atoms with Crippen LogP contribution < -0.4 is 21.6 Å². The molecule has 12 heteroatoms. The Kier molecular flexibility index (Phi) is 10.2. The highest BCUT2D eigenvalue weighted by atomic mass is 31.2. The predicted molar refractivity (Wildman–Crippen MR) is 177 cm³/mol. The van der Waals surface area contributed by atoms with Gasteiger partial charge >= 0.3 is 5.69 Å². The summed E-state index contributed by atoms with van der Waals surface area (Å²) in [6.45, 7) is 7.77. The summed E-state index contributed by atoms with van der Waals surface area (Å²) in [6, 6.07) is 23.0. The van der Waals surface area contributed by atoms with Crippen molar-refractivity contribution in [3.8, 4) is 0 Å². The first kappa shape index (κ1) is 32.5. The van der Waals surface area contributed by atoms with Crippen LogP contribution in [0.2, 0.25) is 12.6 Å². The zero-order valence-corrected chi connectivity index (χ0v) is 28.4. The molecule has 0 spiro atoms. The third-order valence-corrected chi connectivity index (χ3v) is 15.7. The molecule has 0 aliphatic carbocycles. The Morgan fingerprint density at radius 2 is 1.69 bits per heavy atom. The minimum absolute atomic E-state index is 0.0335. The van der Waals surface area contributed by atoms with Gasteiger partial charge in [-0.1, -0.05) is 84.5 Å². The third kappa shape index (κ3) is 6.55. The van der Waals surface area contributed by atoms with Gasteiger partial charge in [-0.25, -0.2) is 9.46 Å². The fourth-order valence-corrected chi connectivity index (χ4v) is 13.0. The van der Waals surface area contributed by atoms with E-state index in [2.05, 4.69) is 76.9 Å². The van der Waals surface area contributed by atoms with E-state index in [1.807, 2.05) is 6.92 Å². The number of fused-ring (bicyclic) bond motifs is 1. The molecule has 1 N–H and O–H groups in total. The van der Waals surface area contributed by atoms with Crippen LogP contribution in [0.1, 0.15) is 38.0 Å². The van der Waals surface area contributed by atoms with E-state index in [1.165, 1.54) is 21.1 Å². The lowest BCUT2D eigenvalue weighted by molar-refractivity contribution is -0.0782. The Morgan fingerprint density at radius 1 is 1.00 bits per heavy atom. The Balaban J connectivity index is 1.28. The number of nitrogens with one attached hydrogen (secondary N) is 1. The molecule has 0 bridgehead atoms. The molecular formula is C33H44N3O7PSi. The van der Waals surface area contributed by atoms with Gasteiger partial charge in [0.15, 0.2) is 6.23 Å². The lowest BCUT2D eigenvalue weighted by atomic mass is 10.1. The van der Waals surface area contributed by atoms with Gasteiger partial charge in [0.1, 0.15) is 20.3 Å². The second-order valence-electron chi connectivity index (χ2n) is 12.4. The number of hydrogen-bond acceptors (Lipinski definition) is 8. The molecule has 6 rings (SSSR count). The van der Waals surface area contributed by atoms with E-state index in [-0.39, 0.29) is 18.2 Å². The lowest BCUT2D eigenvalue weighted by Crippen LogP contribution is -2.58. The van der Waals surface area contributed by atoms with Gasteiger partial charge < -0.3 is 23.3 Å². The summed E-state index contributed by atoms with van der Waals surface area (Å²) in [5.74, 6) is 0. The molecule has 3 fully saturated rings. The van der Waals surface area contributed by atoms with Gasteiger partial charge in [-0.05, 0) is 32.2 Å². The predicted octanol–water partition coefficient (Wildman–Crippen LogP) is 3.55. The molecule has 242 valence electrons. The number of nitrogens with zero attached hydrogens (tertiary/aromatic N) is 2. The van der Waals surface area contributed by atoms with Gasteiger partial charge in [0.05, 0.1) is 25.4 Å². The van der Waals surface area contributed by atoms with E-state index < -0.39 is 46.3 Å². The van der Waals surface area contributed by atoms with E-state index >= 15 is 0 Å². The number of benzene rings is 2. The number of ether oxygens (including phenoxy) is 3. The largest absolute Gasteiger partial charge is 0.382 e. The molecule has 4 heterocycles. The molecule has 10 nitrogen and oxygen atoms in total. The molecule has 7 atom stereocenters. The first-order valence-corrected chi connectivity index (χ1v) is 19.8. The second kappa shape index (κ2) is 14.1. The maximum Gasteiger partial charge on any atom is 0.330 e. The van der Waals surface area contributed by atoms with Gasteiger partial charge in [-0.3, -0.25) is 14.3 Å². The summed E-state index contributed by atoms with van der Waals surface area (Å²) in [5.41, 5.74) is -0.539. The highest BCUT2D eigenvalue weighted by molar-refractivity contribution is 7.45. The average Bonchev–Trinajstić information content (AvgIpc) is 3.76. The van der Waals surface area contributed by atoms with Crippen molar-refractivity contribution < 1.29 is 23.3 Å². The molecule has 1 aromatic heterocycles. The van der Waals surface area contributed by atoms with Gasteiger partial charge in [0, 0.05) is 31.5 Å². The highest BCUT2D eigenvalue weighted by Crippen LogP contribution is 2.59. The smallest absolute Gasteiger partial charge is 0.330 e. The molecule has 45 heavy (non-hydrogen) atoms. The molecule has 3 aromatic rings. The van der Waals surface area contributed by atoms with Crippen LogP contribution in [0.3, 0.4) is 0 Å². The monoisotopic (exact) mass is 653 g/mol. The standard InChI is InChI=1S/C33H44N3O7PSi/c1-5-27-29(30(40-20-19-39-3)32(41-27)35-21-23(2)31(37)34-33(35)38)43-44-36-18-12-17-26(36)28(42-44)22-45(4,24-13-8-6-9-14-24)25-15-10-7-11-16-25/h6-11,13-16,21,26-30,32H,5,12,17-20,22H2,1-4H3,(H,34,37,38)/t26-,27+,28+,29-,30?,32+,44-/m0/s1. The van der Waals surface area contributed by atoms with Crippen molar-refractivity contribution >= 4 is 27.0 Å². The molecule has 3 aliphatic rings. The van der Waals surface area contributed by atoms with Crippen LogP contribution in [0, 0.1) is 6.92 Å². The summed E-state index contributed by atoms with van der Waals surface area (Å²) in [4.78, 5) is 27.5. The first-order valence-electron chi connectivity index (χ1n) is 15.9. The molecule has 0 radical (unpaired) electrons. The van der Waals surface area contributed by atoms with Crippen LogP contribution in [0.15, 0.2) is 76.4 Å². The minimum atomic E-state index is -2.15. The maximum atomic E-state index is 12.9. The maximum absolute atomic E-state index is 12.9. The van der Waals surface area contributed by atoms with E-state index in [1.54, 1.807) is 14.0 Å². The van der Waals surface area contributed by atoms with E-state index in [0.717, 1.165) is 25.4 Å². The SMILES string of the molecule is CC[C@H]1O[C@@H](n2cc(C)c(=O)[nH]c2=O)C(OCCOC)[C@H]1O[P@]1O[C@H](C[Si](C)(c2ccccc2)c2ccccc2)[C@@H]2CCCN21. The van der Waals surface area contributed by atoms with Crippen molar-refractivity contribution in [2.75, 3.05) is 26.9 Å². The number of aromatic amines is 1. The molecule has 1 unspecified atom stereocenters. The van der Waals surface area contributed by atoms with Crippen molar-refractivity contribution in [1.82, 2.24) is 14.2 Å². The van der Waals surface area contributed by atoms with Crippen molar-refractivity contribution in [2.45, 2.75) is 82.4 Å². The third-order valence-electron chi connectivity index (χ3n) is 9.48. The first-order chi connectivity index (χ1) is 21.8. The van der Waals surface area contributed by atoms with Crippen LogP contribution in [0.4, 0.5) is 0 Å². The van der Waals surface area contributed by atoms with Gasteiger partial charge in [0.25, 0.3) is 14.1 Å². The number of methoxy groups -OCH3 is 1. The number of aromatic nitrogens is 2. The fraction of sp³-hybridized carbons (Fsp3) is 0.515. The fourth-order valence-electron chi connectivity index (χ4n) is 6.99. The Labute approximate surface area is 266 Å². The molecule has 2 aromatic carbocycles. The van der Waals surface area contributed by atoms with E-state index in [9.17, 15) is 9.59 Å². The zero-order chi connectivity index (χ0) is 31.6. The summed E-state index contributed by atoms with van der Waals surface area (Å²) in [5, 5.41) is 2.79. The van der Waals surface area contributed by atoms with Crippen molar-refractivity contribution in [3.05, 3.63) is 93.3 Å². The summed E-state index contributed by atoms with van der Waals surface area (Å²) in [7, 11) is -1.93. The van der Waals surface area contributed by atoms with Gasteiger partial charge in [-0.2, -0.15) is 0 Å². The van der Waals surface area contributed by atoms with E-state index in [0.29, 0.717) is 25.2 Å². The molecular weight excluding hydrogens is 609 g/mol. The van der Waals surface area contributed by atoms with Crippen molar-refractivity contribution in [1.29, 1.82) is 0 Å². The zero-order valence-electron chi connectivity index (χ0n) is 26.5. The number of hydrogen-bond donors (Lipinski definition) is 1. The van der Waals surface area contributed by atoms with Gasteiger partial charge in [0.2, 0.25) is 0 Å². The van der Waals surface area contributed by atoms with Crippen LogP contribution in [0.25, 0.3) is 0 Å². The van der Waals surface area contributed by atoms with Crippen molar-refractivity contribution in [3.63, 3.8) is 0 Å². The van der Waals surface area contributed by atoms with Crippen LogP contribution in [-0.2, 0) is 23.3 Å². The Hall–Kier alpha value is -2.47. The quantitative estimate of drug-likeness (QED) is 0.180. The summed E-state index contributed by atoms with van der Waals surface area (Å²) < 4.78 is 35.8. The average molecular weight is 654 g/mol. The molecule has 3 saturated heterocycles. The minimum Gasteiger partial charge on any atom is -0.382 e. The topological polar surface area (TPSA) is 104 Å². The van der Waals surface area contributed by atoms with Crippen LogP contribution in [-0.4, -0.2) is 79.6 Å². The normalized spacial score (nSPS) is 28.5. The van der Waals surface area contributed by atoms with E-state index in [4.69, 9.17) is 23.3 Å². The van der Waals surface area contributed by atoms with Gasteiger partial charge in [-0.15, -0.1) is 0 Å². The summed E-state index contributed by atoms with van der Waals surface area (Å²) >= 11 is 0.